The van der Waals surface area contributed by atoms with Gasteiger partial charge in [-0.15, -0.1) is 0 Å². The molecule has 2 fully saturated rings. The number of ketones is 1. The van der Waals surface area contributed by atoms with Gasteiger partial charge in [0, 0.05) is 13.0 Å². The molecule has 0 aliphatic heterocycles. The Labute approximate surface area is 91.5 Å². The summed E-state index contributed by atoms with van der Waals surface area (Å²) < 4.78 is 0. The molecule has 0 saturated heterocycles. The van der Waals surface area contributed by atoms with Gasteiger partial charge in [0.25, 0.3) is 0 Å². The highest BCUT2D eigenvalue weighted by Crippen LogP contribution is 2.31. The lowest BCUT2D eigenvalue weighted by atomic mass is 10.0. The number of carbonyl (C=O) groups excluding carboxylic acids is 1. The molecule has 2 aliphatic carbocycles. The number of carbonyl (C=O) groups is 1. The number of nitrogens with zero attached hydrogens (tertiary/aromatic N) is 1. The molecule has 0 radical (unpaired) electrons. The second-order valence-electron chi connectivity index (χ2n) is 5.22. The maximum atomic E-state index is 11.6. The van der Waals surface area contributed by atoms with Crippen LogP contribution in [-0.4, -0.2) is 41.0 Å². The van der Waals surface area contributed by atoms with E-state index in [9.17, 15) is 9.90 Å². The minimum absolute atomic E-state index is 0.0784. The minimum atomic E-state index is -0.516. The molecule has 3 heteroatoms. The van der Waals surface area contributed by atoms with Gasteiger partial charge in [-0.2, -0.15) is 0 Å². The Morgan fingerprint density at radius 3 is 2.60 bits per heavy atom. The van der Waals surface area contributed by atoms with Crippen molar-refractivity contribution in [2.24, 2.45) is 0 Å². The maximum Gasteiger partial charge on any atom is 0.149 e. The Kier molecular flexibility index (Phi) is 3.12. The Balaban J connectivity index is 1.90. The van der Waals surface area contributed by atoms with E-state index in [4.69, 9.17) is 0 Å². The van der Waals surface area contributed by atoms with E-state index < -0.39 is 5.60 Å². The van der Waals surface area contributed by atoms with Gasteiger partial charge in [-0.1, -0.05) is 12.8 Å². The van der Waals surface area contributed by atoms with Crippen LogP contribution in [-0.2, 0) is 4.79 Å². The van der Waals surface area contributed by atoms with Crippen molar-refractivity contribution in [3.8, 4) is 0 Å². The van der Waals surface area contributed by atoms with E-state index >= 15 is 0 Å². The molecule has 0 spiro atoms. The first kappa shape index (κ1) is 11.1. The summed E-state index contributed by atoms with van der Waals surface area (Å²) in [5.74, 6) is 0.360. The predicted molar refractivity (Wildman–Crippen MR) is 58.7 cm³/mol. The van der Waals surface area contributed by atoms with E-state index in [1.54, 1.807) is 0 Å². The van der Waals surface area contributed by atoms with Gasteiger partial charge in [0.15, 0.2) is 0 Å². The average Bonchev–Trinajstić information content (AvgIpc) is 2.74. The monoisotopic (exact) mass is 211 g/mol. The molecule has 0 aromatic rings. The third-order valence-corrected chi connectivity index (χ3v) is 3.88. The van der Waals surface area contributed by atoms with Crippen LogP contribution in [0.1, 0.15) is 44.9 Å². The summed E-state index contributed by atoms with van der Waals surface area (Å²) in [7, 11) is 1.98. The van der Waals surface area contributed by atoms with Crippen LogP contribution in [0.15, 0.2) is 0 Å². The highest BCUT2D eigenvalue weighted by Gasteiger charge is 2.36. The zero-order valence-corrected chi connectivity index (χ0v) is 9.54. The van der Waals surface area contributed by atoms with Crippen LogP contribution < -0.4 is 0 Å². The normalized spacial score (nSPS) is 30.3. The van der Waals surface area contributed by atoms with Crippen molar-refractivity contribution in [1.29, 1.82) is 0 Å². The Hall–Kier alpha value is -0.410. The van der Waals surface area contributed by atoms with Crippen molar-refractivity contribution >= 4 is 5.78 Å². The summed E-state index contributed by atoms with van der Waals surface area (Å²) in [5.41, 5.74) is -0.516. The maximum absolute atomic E-state index is 11.6. The van der Waals surface area contributed by atoms with E-state index in [0.29, 0.717) is 12.3 Å². The highest BCUT2D eigenvalue weighted by molar-refractivity contribution is 5.85. The molecule has 86 valence electrons. The Morgan fingerprint density at radius 1 is 1.40 bits per heavy atom. The molecule has 2 saturated carbocycles. The summed E-state index contributed by atoms with van der Waals surface area (Å²) in [6.07, 6.45) is 6.79. The van der Waals surface area contributed by atoms with Crippen molar-refractivity contribution < 1.29 is 9.90 Å². The number of likely N-dealkylation sites (N-methyl/N-ethyl adjacent to an activating group) is 1. The highest BCUT2D eigenvalue weighted by atomic mass is 16.3. The molecule has 0 heterocycles. The largest absolute Gasteiger partial charge is 0.389 e. The van der Waals surface area contributed by atoms with E-state index in [1.807, 2.05) is 7.05 Å². The zero-order chi connectivity index (χ0) is 10.9. The second-order valence-corrected chi connectivity index (χ2v) is 5.22. The number of hydrogen-bond acceptors (Lipinski definition) is 3. The standard InChI is InChI=1S/C12H21NO2/c1-13(10-5-4-6-11(10)14)9-12(15)7-2-3-8-12/h10,15H,2-9H2,1H3. The quantitative estimate of drug-likeness (QED) is 0.766. The van der Waals surface area contributed by atoms with Crippen LogP contribution in [0, 0.1) is 0 Å². The van der Waals surface area contributed by atoms with Gasteiger partial charge in [0.1, 0.15) is 5.78 Å². The summed E-state index contributed by atoms with van der Waals surface area (Å²) in [6, 6.07) is 0.0784. The topological polar surface area (TPSA) is 40.5 Å². The first-order valence-electron chi connectivity index (χ1n) is 6.06. The first-order chi connectivity index (χ1) is 7.11. The molecule has 3 nitrogen and oxygen atoms in total. The fraction of sp³-hybridized carbons (Fsp3) is 0.917. The molecule has 0 amide bonds. The average molecular weight is 211 g/mol. The molecular weight excluding hydrogens is 190 g/mol. The molecule has 1 atom stereocenters. The summed E-state index contributed by atoms with van der Waals surface area (Å²) in [5, 5.41) is 10.3. The van der Waals surface area contributed by atoms with Crippen molar-refractivity contribution in [2.45, 2.75) is 56.6 Å². The number of hydrogen-bond donors (Lipinski definition) is 1. The van der Waals surface area contributed by atoms with Gasteiger partial charge in [-0.05, 0) is 32.7 Å². The molecule has 1 unspecified atom stereocenters. The van der Waals surface area contributed by atoms with Crippen LogP contribution in [0.3, 0.4) is 0 Å². The molecule has 0 aromatic heterocycles. The zero-order valence-electron chi connectivity index (χ0n) is 9.54. The third kappa shape index (κ3) is 2.40. The van der Waals surface area contributed by atoms with Crippen LogP contribution in [0.2, 0.25) is 0 Å². The van der Waals surface area contributed by atoms with Crippen molar-refractivity contribution in [3.63, 3.8) is 0 Å². The van der Waals surface area contributed by atoms with E-state index in [2.05, 4.69) is 4.90 Å². The SMILES string of the molecule is CN(CC1(O)CCCC1)C1CCCC1=O. The molecule has 0 bridgehead atoms. The molecule has 0 aromatic carbocycles. The minimum Gasteiger partial charge on any atom is -0.389 e. The molecule has 1 N–H and O–H groups in total. The number of aliphatic hydroxyl groups is 1. The second kappa shape index (κ2) is 4.22. The van der Waals surface area contributed by atoms with E-state index in [0.717, 1.165) is 44.9 Å². The third-order valence-electron chi connectivity index (χ3n) is 3.88. The fourth-order valence-corrected chi connectivity index (χ4v) is 3.03. The van der Waals surface area contributed by atoms with Crippen LogP contribution in [0.25, 0.3) is 0 Å². The smallest absolute Gasteiger partial charge is 0.149 e. The fourth-order valence-electron chi connectivity index (χ4n) is 3.03. The predicted octanol–water partition coefficient (Wildman–Crippen LogP) is 1.34. The van der Waals surface area contributed by atoms with E-state index in [1.165, 1.54) is 0 Å². The van der Waals surface area contributed by atoms with Crippen molar-refractivity contribution in [2.75, 3.05) is 13.6 Å². The van der Waals surface area contributed by atoms with Crippen molar-refractivity contribution in [1.82, 2.24) is 4.90 Å². The summed E-state index contributed by atoms with van der Waals surface area (Å²) >= 11 is 0. The van der Waals surface area contributed by atoms with Gasteiger partial charge in [0.05, 0.1) is 11.6 Å². The lowest BCUT2D eigenvalue weighted by Crippen LogP contribution is -2.45. The van der Waals surface area contributed by atoms with Gasteiger partial charge < -0.3 is 5.11 Å². The van der Waals surface area contributed by atoms with Gasteiger partial charge in [-0.25, -0.2) is 0 Å². The summed E-state index contributed by atoms with van der Waals surface area (Å²) in [4.78, 5) is 13.6. The van der Waals surface area contributed by atoms with Crippen LogP contribution in [0.4, 0.5) is 0 Å². The molecular formula is C12H21NO2. The van der Waals surface area contributed by atoms with Crippen LogP contribution in [0.5, 0.6) is 0 Å². The van der Waals surface area contributed by atoms with Gasteiger partial charge >= 0.3 is 0 Å². The van der Waals surface area contributed by atoms with Crippen LogP contribution >= 0.6 is 0 Å². The molecule has 2 rings (SSSR count). The number of rotatable bonds is 3. The Bertz CT molecular complexity index is 246. The molecule has 15 heavy (non-hydrogen) atoms. The molecule has 2 aliphatic rings. The lowest BCUT2D eigenvalue weighted by molar-refractivity contribution is -0.122. The van der Waals surface area contributed by atoms with Gasteiger partial charge in [0.2, 0.25) is 0 Å². The Morgan fingerprint density at radius 2 is 2.07 bits per heavy atom. The van der Waals surface area contributed by atoms with Crippen molar-refractivity contribution in [3.05, 3.63) is 0 Å². The van der Waals surface area contributed by atoms with Gasteiger partial charge in [-0.3, -0.25) is 9.69 Å². The lowest BCUT2D eigenvalue weighted by Gasteiger charge is -2.31. The number of Topliss-reactive ketones (excluding diaryl/α,β-unsaturated/α-hetero) is 1. The van der Waals surface area contributed by atoms with E-state index in [-0.39, 0.29) is 6.04 Å². The first-order valence-corrected chi connectivity index (χ1v) is 6.06. The summed E-state index contributed by atoms with van der Waals surface area (Å²) in [6.45, 7) is 0.670.